The van der Waals surface area contributed by atoms with Gasteiger partial charge in [0.05, 0.1) is 12.3 Å². The number of β-amino-alcohol motifs (C(OH)–C–C–N with tert-alkyl or cyclic N) is 1. The summed E-state index contributed by atoms with van der Waals surface area (Å²) in [6.45, 7) is 7.35. The Morgan fingerprint density at radius 2 is 2.07 bits per heavy atom. The van der Waals surface area contributed by atoms with E-state index in [1.807, 2.05) is 20.8 Å². The van der Waals surface area contributed by atoms with Gasteiger partial charge in [0.25, 0.3) is 0 Å². The number of nitrogens with zero attached hydrogens (tertiary/aromatic N) is 5. The Kier molecular flexibility index (Phi) is 5.89. The molecule has 1 aliphatic rings. The molecular formula is C20H27FN6O3. The van der Waals surface area contributed by atoms with Crippen LogP contribution in [0, 0.1) is 18.3 Å². The van der Waals surface area contributed by atoms with Crippen LogP contribution in [-0.2, 0) is 9.59 Å². The van der Waals surface area contributed by atoms with Crippen molar-refractivity contribution >= 4 is 11.8 Å². The maximum absolute atomic E-state index is 13.5. The maximum Gasteiger partial charge on any atom is 0.248 e. The summed E-state index contributed by atoms with van der Waals surface area (Å²) in [5.74, 6) is -1.20. The first-order valence-corrected chi connectivity index (χ1v) is 9.77. The molecule has 3 atom stereocenters. The van der Waals surface area contributed by atoms with Gasteiger partial charge in [0.2, 0.25) is 17.8 Å². The number of likely N-dealkylation sites (tertiary alicyclic amines) is 1. The first-order valence-electron chi connectivity index (χ1n) is 9.77. The normalized spacial score (nSPS) is 20.3. The molecule has 2 unspecified atom stereocenters. The van der Waals surface area contributed by atoms with E-state index in [2.05, 4.69) is 20.6 Å². The van der Waals surface area contributed by atoms with Crippen LogP contribution in [0.1, 0.15) is 38.8 Å². The summed E-state index contributed by atoms with van der Waals surface area (Å²) in [7, 11) is 1.50. The lowest BCUT2D eigenvalue weighted by molar-refractivity contribution is -0.144. The van der Waals surface area contributed by atoms with E-state index in [9.17, 15) is 19.1 Å². The second kappa shape index (κ2) is 8.10. The average Bonchev–Trinajstić information content (AvgIpc) is 3.29. The van der Waals surface area contributed by atoms with Crippen molar-refractivity contribution in [2.45, 2.75) is 52.3 Å². The van der Waals surface area contributed by atoms with E-state index in [-0.39, 0.29) is 24.8 Å². The predicted molar refractivity (Wildman–Crippen MR) is 107 cm³/mol. The molecule has 2 N–H and O–H groups in total. The van der Waals surface area contributed by atoms with Crippen LogP contribution in [0.2, 0.25) is 0 Å². The number of aliphatic hydroxyl groups is 1. The van der Waals surface area contributed by atoms with Gasteiger partial charge in [0, 0.05) is 37.3 Å². The summed E-state index contributed by atoms with van der Waals surface area (Å²) in [6, 6.07) is 0.114. The second-order valence-electron chi connectivity index (χ2n) is 8.69. The van der Waals surface area contributed by atoms with Gasteiger partial charge in [-0.15, -0.1) is 5.10 Å². The number of amides is 2. The van der Waals surface area contributed by atoms with Gasteiger partial charge in [-0.2, -0.15) is 4.39 Å². The highest BCUT2D eigenvalue weighted by atomic mass is 19.1. The summed E-state index contributed by atoms with van der Waals surface area (Å²) < 4.78 is 15.0. The minimum absolute atomic E-state index is 0.0755. The molecular weight excluding hydrogens is 391 g/mol. The minimum atomic E-state index is -0.767. The highest BCUT2D eigenvalue weighted by Gasteiger charge is 2.45. The van der Waals surface area contributed by atoms with Gasteiger partial charge in [-0.3, -0.25) is 9.59 Å². The third-order valence-electron chi connectivity index (χ3n) is 5.25. The largest absolute Gasteiger partial charge is 0.391 e. The molecule has 0 bridgehead atoms. The van der Waals surface area contributed by atoms with E-state index in [4.69, 9.17) is 0 Å². The number of aliphatic hydroxyl groups excluding tert-OH is 1. The van der Waals surface area contributed by atoms with Gasteiger partial charge in [-0.25, -0.2) is 9.67 Å². The van der Waals surface area contributed by atoms with Crippen molar-refractivity contribution in [2.24, 2.45) is 5.41 Å². The minimum Gasteiger partial charge on any atom is -0.391 e. The number of carbonyl (C=O) groups is 2. The second-order valence-corrected chi connectivity index (χ2v) is 8.69. The van der Waals surface area contributed by atoms with Gasteiger partial charge in [-0.05, 0) is 18.4 Å². The quantitative estimate of drug-likeness (QED) is 0.719. The Balaban J connectivity index is 1.95. The summed E-state index contributed by atoms with van der Waals surface area (Å²) in [4.78, 5) is 30.9. The van der Waals surface area contributed by atoms with Crippen molar-refractivity contribution in [2.75, 3.05) is 13.6 Å². The first-order chi connectivity index (χ1) is 14.0. The van der Waals surface area contributed by atoms with Gasteiger partial charge in [-0.1, -0.05) is 26.0 Å². The SMILES string of the molecule is CNC(=O)[C@H]1CC(O)CN1C(=O)C(n1cc(-c2cnc(F)c(C)c2)nn1)C(C)(C)C. The molecule has 0 radical (unpaired) electrons. The molecule has 162 valence electrons. The van der Waals surface area contributed by atoms with Gasteiger partial charge in [0.1, 0.15) is 17.8 Å². The van der Waals surface area contributed by atoms with E-state index in [1.54, 1.807) is 19.2 Å². The fraction of sp³-hybridized carbons (Fsp3) is 0.550. The van der Waals surface area contributed by atoms with Crippen LogP contribution < -0.4 is 5.32 Å². The van der Waals surface area contributed by atoms with E-state index >= 15 is 0 Å². The highest BCUT2D eigenvalue weighted by molar-refractivity contribution is 5.90. The van der Waals surface area contributed by atoms with Crippen molar-refractivity contribution in [3.05, 3.63) is 30.0 Å². The number of aryl methyl sites for hydroxylation is 1. The molecule has 2 amide bonds. The molecule has 0 spiro atoms. The number of hydrogen-bond acceptors (Lipinski definition) is 6. The van der Waals surface area contributed by atoms with Crippen molar-refractivity contribution in [3.8, 4) is 11.3 Å². The van der Waals surface area contributed by atoms with Crippen LogP contribution in [0.5, 0.6) is 0 Å². The molecule has 3 rings (SSSR count). The summed E-state index contributed by atoms with van der Waals surface area (Å²) in [5.41, 5.74) is 0.863. The van der Waals surface area contributed by atoms with Crippen LogP contribution >= 0.6 is 0 Å². The van der Waals surface area contributed by atoms with Gasteiger partial charge >= 0.3 is 0 Å². The summed E-state index contributed by atoms with van der Waals surface area (Å²) in [5, 5.41) is 20.9. The number of aromatic nitrogens is 4. The zero-order valence-corrected chi connectivity index (χ0v) is 17.8. The third-order valence-corrected chi connectivity index (χ3v) is 5.25. The van der Waals surface area contributed by atoms with Crippen molar-refractivity contribution in [1.82, 2.24) is 30.2 Å². The molecule has 2 aromatic rings. The summed E-state index contributed by atoms with van der Waals surface area (Å²) in [6.07, 6.45) is 2.40. The van der Waals surface area contributed by atoms with Crippen molar-refractivity contribution in [3.63, 3.8) is 0 Å². The Morgan fingerprint density at radius 1 is 1.37 bits per heavy atom. The first kappa shape index (κ1) is 21.8. The number of rotatable bonds is 4. The monoisotopic (exact) mass is 418 g/mol. The van der Waals surface area contributed by atoms with E-state index in [0.29, 0.717) is 16.8 Å². The fourth-order valence-electron chi connectivity index (χ4n) is 3.74. The molecule has 9 nitrogen and oxygen atoms in total. The lowest BCUT2D eigenvalue weighted by Gasteiger charge is -2.34. The molecule has 0 aromatic carbocycles. The Labute approximate surface area is 174 Å². The highest BCUT2D eigenvalue weighted by Crippen LogP contribution is 2.35. The van der Waals surface area contributed by atoms with Crippen LogP contribution in [-0.4, -0.2) is 67.5 Å². The lowest BCUT2D eigenvalue weighted by atomic mass is 9.85. The molecule has 10 heteroatoms. The molecule has 0 saturated carbocycles. The summed E-state index contributed by atoms with van der Waals surface area (Å²) >= 11 is 0. The van der Waals surface area contributed by atoms with Gasteiger partial charge < -0.3 is 15.3 Å². The van der Waals surface area contributed by atoms with Crippen molar-refractivity contribution < 1.29 is 19.1 Å². The standard InChI is InChI=1S/C20H27FN6O3/c1-11-6-12(8-23-17(11)21)14-10-27(25-24-14)16(20(2,3)4)19(30)26-9-13(28)7-15(26)18(29)22-5/h6,8,10,13,15-16,28H,7,9H2,1-5H3,(H,22,29)/t13?,15-,16?/m1/s1. The van der Waals surface area contributed by atoms with E-state index < -0.39 is 29.6 Å². The molecule has 3 heterocycles. The zero-order valence-electron chi connectivity index (χ0n) is 17.8. The number of carbonyl (C=O) groups excluding carboxylic acids is 2. The van der Waals surface area contributed by atoms with Gasteiger partial charge in [0.15, 0.2) is 0 Å². The molecule has 2 aromatic heterocycles. The average molecular weight is 418 g/mol. The number of halogens is 1. The molecule has 30 heavy (non-hydrogen) atoms. The Morgan fingerprint density at radius 3 is 2.67 bits per heavy atom. The van der Waals surface area contributed by atoms with E-state index in [0.717, 1.165) is 0 Å². The van der Waals surface area contributed by atoms with Crippen LogP contribution in [0.25, 0.3) is 11.3 Å². The number of hydrogen-bond donors (Lipinski definition) is 2. The number of likely N-dealkylation sites (N-methyl/N-ethyl adjacent to an activating group) is 1. The fourth-order valence-corrected chi connectivity index (χ4v) is 3.74. The Hall–Kier alpha value is -2.88. The van der Waals surface area contributed by atoms with E-state index in [1.165, 1.54) is 22.8 Å². The molecule has 0 aliphatic carbocycles. The van der Waals surface area contributed by atoms with Crippen LogP contribution in [0.4, 0.5) is 4.39 Å². The number of pyridine rings is 1. The molecule has 1 aliphatic heterocycles. The van der Waals surface area contributed by atoms with Crippen LogP contribution in [0.3, 0.4) is 0 Å². The molecule has 1 saturated heterocycles. The smallest absolute Gasteiger partial charge is 0.248 e. The topological polar surface area (TPSA) is 113 Å². The Bertz CT molecular complexity index is 954. The lowest BCUT2D eigenvalue weighted by Crippen LogP contribution is -2.49. The zero-order chi connectivity index (χ0) is 22.2. The number of nitrogens with one attached hydrogen (secondary N) is 1. The molecule has 1 fully saturated rings. The predicted octanol–water partition coefficient (Wildman–Crippen LogP) is 1.08. The van der Waals surface area contributed by atoms with Crippen molar-refractivity contribution in [1.29, 1.82) is 0 Å². The third kappa shape index (κ3) is 4.18. The maximum atomic E-state index is 13.5. The van der Waals surface area contributed by atoms with Crippen LogP contribution in [0.15, 0.2) is 18.5 Å².